The quantitative estimate of drug-likeness (QED) is 0.751. The molecule has 4 nitrogen and oxygen atoms in total. The maximum absolute atomic E-state index is 10.5. The van der Waals surface area contributed by atoms with Gasteiger partial charge in [0.25, 0.3) is 0 Å². The number of aromatic nitrogens is 1. The summed E-state index contributed by atoms with van der Waals surface area (Å²) >= 11 is 3.15. The SMILES string of the molecule is CN(C(=O)O)c1ccc(Br)nc1. The van der Waals surface area contributed by atoms with Crippen molar-refractivity contribution >= 4 is 27.7 Å². The highest BCUT2D eigenvalue weighted by atomic mass is 79.9. The van der Waals surface area contributed by atoms with Gasteiger partial charge in [-0.25, -0.2) is 9.78 Å². The zero-order chi connectivity index (χ0) is 9.14. The Bertz CT molecular complexity index is 286. The minimum atomic E-state index is -1.00. The van der Waals surface area contributed by atoms with Crippen LogP contribution in [0.3, 0.4) is 0 Å². The number of hydrogen-bond acceptors (Lipinski definition) is 2. The number of halogens is 1. The summed E-state index contributed by atoms with van der Waals surface area (Å²) in [7, 11) is 1.47. The Morgan fingerprint density at radius 2 is 2.33 bits per heavy atom. The fraction of sp³-hybridized carbons (Fsp3) is 0.143. The lowest BCUT2D eigenvalue weighted by molar-refractivity contribution is 0.203. The summed E-state index contributed by atoms with van der Waals surface area (Å²) < 4.78 is 0.685. The molecular weight excluding hydrogens is 224 g/mol. The molecule has 0 aromatic carbocycles. The molecule has 0 bridgehead atoms. The fourth-order valence-corrected chi connectivity index (χ4v) is 0.911. The molecule has 0 atom stereocenters. The van der Waals surface area contributed by atoms with Gasteiger partial charge in [0.15, 0.2) is 0 Å². The molecule has 0 aliphatic carbocycles. The smallest absolute Gasteiger partial charge is 0.411 e. The lowest BCUT2D eigenvalue weighted by atomic mass is 10.4. The molecule has 1 aromatic rings. The zero-order valence-corrected chi connectivity index (χ0v) is 7.95. The summed E-state index contributed by atoms with van der Waals surface area (Å²) in [6.07, 6.45) is 0.484. The van der Waals surface area contributed by atoms with E-state index in [9.17, 15) is 4.79 Å². The normalized spacial score (nSPS) is 9.50. The van der Waals surface area contributed by atoms with Gasteiger partial charge < -0.3 is 5.11 Å². The maximum Gasteiger partial charge on any atom is 0.411 e. The predicted molar refractivity (Wildman–Crippen MR) is 48.4 cm³/mol. The van der Waals surface area contributed by atoms with Crippen molar-refractivity contribution in [1.82, 2.24) is 4.98 Å². The average Bonchev–Trinajstić information content (AvgIpc) is 2.04. The van der Waals surface area contributed by atoms with Crippen LogP contribution < -0.4 is 4.90 Å². The fourth-order valence-electron chi connectivity index (χ4n) is 0.677. The van der Waals surface area contributed by atoms with Gasteiger partial charge in [-0.05, 0) is 28.1 Å². The Morgan fingerprint density at radius 3 is 2.75 bits per heavy atom. The minimum absolute atomic E-state index is 0.547. The lowest BCUT2D eigenvalue weighted by Gasteiger charge is -2.11. The van der Waals surface area contributed by atoms with Crippen molar-refractivity contribution in [3.05, 3.63) is 22.9 Å². The van der Waals surface area contributed by atoms with Gasteiger partial charge in [-0.1, -0.05) is 0 Å². The highest BCUT2D eigenvalue weighted by molar-refractivity contribution is 9.10. The highest BCUT2D eigenvalue weighted by Crippen LogP contribution is 2.13. The maximum atomic E-state index is 10.5. The van der Waals surface area contributed by atoms with Gasteiger partial charge in [0.05, 0.1) is 11.9 Å². The third-order valence-electron chi connectivity index (χ3n) is 1.39. The van der Waals surface area contributed by atoms with Gasteiger partial charge in [0.2, 0.25) is 0 Å². The third kappa shape index (κ3) is 1.94. The Labute approximate surface area is 78.0 Å². The molecule has 1 rings (SSSR count). The Kier molecular flexibility index (Phi) is 2.65. The van der Waals surface area contributed by atoms with Gasteiger partial charge in [0.1, 0.15) is 4.60 Å². The molecule has 0 saturated heterocycles. The van der Waals surface area contributed by atoms with Crippen LogP contribution in [0.15, 0.2) is 22.9 Å². The van der Waals surface area contributed by atoms with E-state index in [-0.39, 0.29) is 0 Å². The third-order valence-corrected chi connectivity index (χ3v) is 1.86. The summed E-state index contributed by atoms with van der Waals surface area (Å²) in [6, 6.07) is 3.36. The molecule has 1 amide bonds. The van der Waals surface area contributed by atoms with Crippen LogP contribution in [0.1, 0.15) is 0 Å². The predicted octanol–water partition coefficient (Wildman–Crippen LogP) is 1.96. The van der Waals surface area contributed by atoms with Crippen molar-refractivity contribution in [1.29, 1.82) is 0 Å². The molecule has 5 heteroatoms. The summed E-state index contributed by atoms with van der Waals surface area (Å²) in [4.78, 5) is 15.5. The van der Waals surface area contributed by atoms with Crippen LogP contribution in [-0.2, 0) is 0 Å². The number of amides is 1. The van der Waals surface area contributed by atoms with Gasteiger partial charge in [0, 0.05) is 7.05 Å². The Morgan fingerprint density at radius 1 is 1.67 bits per heavy atom. The molecule has 1 heterocycles. The van der Waals surface area contributed by atoms with E-state index in [4.69, 9.17) is 5.11 Å². The first-order chi connectivity index (χ1) is 5.61. The lowest BCUT2D eigenvalue weighted by Crippen LogP contribution is -2.23. The standard InChI is InChI=1S/C7H7BrN2O2/c1-10(7(11)12)5-2-3-6(8)9-4-5/h2-4H,1H3,(H,11,12). The van der Waals surface area contributed by atoms with E-state index in [1.807, 2.05) is 0 Å². The molecule has 64 valence electrons. The number of carboxylic acid groups (broad SMARTS) is 1. The largest absolute Gasteiger partial charge is 0.465 e. The number of hydrogen-bond donors (Lipinski definition) is 1. The van der Waals surface area contributed by atoms with Crippen LogP contribution in [-0.4, -0.2) is 23.2 Å². The number of nitrogens with zero attached hydrogens (tertiary/aromatic N) is 2. The molecule has 0 aliphatic heterocycles. The van der Waals surface area contributed by atoms with E-state index in [1.165, 1.54) is 13.2 Å². The van der Waals surface area contributed by atoms with Crippen LogP contribution in [0.25, 0.3) is 0 Å². The second-order valence-corrected chi connectivity index (χ2v) is 2.99. The average molecular weight is 231 g/mol. The monoisotopic (exact) mass is 230 g/mol. The topological polar surface area (TPSA) is 53.4 Å². The summed E-state index contributed by atoms with van der Waals surface area (Å²) in [5.74, 6) is 0. The molecule has 0 spiro atoms. The van der Waals surface area contributed by atoms with Gasteiger partial charge in [-0.2, -0.15) is 0 Å². The molecule has 1 N–H and O–H groups in total. The van der Waals surface area contributed by atoms with E-state index >= 15 is 0 Å². The van der Waals surface area contributed by atoms with Crippen LogP contribution in [0.5, 0.6) is 0 Å². The van der Waals surface area contributed by atoms with Crippen molar-refractivity contribution in [3.8, 4) is 0 Å². The zero-order valence-electron chi connectivity index (χ0n) is 6.36. The van der Waals surface area contributed by atoms with Crippen molar-refractivity contribution < 1.29 is 9.90 Å². The molecule has 0 fully saturated rings. The number of rotatable bonds is 1. The van der Waals surface area contributed by atoms with E-state index in [0.717, 1.165) is 4.90 Å². The van der Waals surface area contributed by atoms with Crippen molar-refractivity contribution in [2.24, 2.45) is 0 Å². The van der Waals surface area contributed by atoms with Crippen molar-refractivity contribution in [2.75, 3.05) is 11.9 Å². The molecule has 0 radical (unpaired) electrons. The number of pyridine rings is 1. The van der Waals surface area contributed by atoms with Crippen LogP contribution >= 0.6 is 15.9 Å². The molecule has 0 aliphatic rings. The Hall–Kier alpha value is -1.10. The van der Waals surface area contributed by atoms with Crippen LogP contribution in [0.2, 0.25) is 0 Å². The summed E-state index contributed by atoms with van der Waals surface area (Å²) in [6.45, 7) is 0. The van der Waals surface area contributed by atoms with Crippen molar-refractivity contribution in [3.63, 3.8) is 0 Å². The molecule has 12 heavy (non-hydrogen) atoms. The summed E-state index contributed by atoms with van der Waals surface area (Å²) in [5, 5.41) is 8.59. The minimum Gasteiger partial charge on any atom is -0.465 e. The molecule has 0 unspecified atom stereocenters. The Balaban J connectivity index is 2.89. The first-order valence-electron chi connectivity index (χ1n) is 3.19. The first kappa shape index (κ1) is 8.99. The van der Waals surface area contributed by atoms with Crippen LogP contribution in [0, 0.1) is 0 Å². The first-order valence-corrected chi connectivity index (χ1v) is 3.99. The van der Waals surface area contributed by atoms with Gasteiger partial charge in [-0.15, -0.1) is 0 Å². The molecule has 0 saturated carbocycles. The summed E-state index contributed by atoms with van der Waals surface area (Å²) in [5.41, 5.74) is 0.547. The van der Waals surface area contributed by atoms with Crippen LogP contribution in [0.4, 0.5) is 10.5 Å². The number of carbonyl (C=O) groups is 1. The van der Waals surface area contributed by atoms with Gasteiger partial charge in [-0.3, -0.25) is 4.90 Å². The van der Waals surface area contributed by atoms with E-state index < -0.39 is 6.09 Å². The van der Waals surface area contributed by atoms with E-state index in [2.05, 4.69) is 20.9 Å². The van der Waals surface area contributed by atoms with Gasteiger partial charge >= 0.3 is 6.09 Å². The second kappa shape index (κ2) is 3.53. The second-order valence-electron chi connectivity index (χ2n) is 2.18. The molecular formula is C7H7BrN2O2. The van der Waals surface area contributed by atoms with Crippen molar-refractivity contribution in [2.45, 2.75) is 0 Å². The number of anilines is 1. The molecule has 1 aromatic heterocycles. The van der Waals surface area contributed by atoms with E-state index in [0.29, 0.717) is 10.3 Å². The van der Waals surface area contributed by atoms with E-state index in [1.54, 1.807) is 12.1 Å². The highest BCUT2D eigenvalue weighted by Gasteiger charge is 2.07.